The maximum absolute atomic E-state index is 5.84. The van der Waals surface area contributed by atoms with Gasteiger partial charge in [0.05, 0.1) is 5.69 Å². The summed E-state index contributed by atoms with van der Waals surface area (Å²) in [6.45, 7) is 6.04. The molecule has 0 amide bonds. The number of anilines is 1. The Morgan fingerprint density at radius 3 is 2.71 bits per heavy atom. The third kappa shape index (κ3) is 2.58. The number of rotatable bonds is 3. The monoisotopic (exact) mass is 248 g/mol. The Balaban J connectivity index is 2.26. The minimum atomic E-state index is 0.689. The number of aromatic nitrogens is 1. The molecule has 1 aromatic carbocycles. The van der Waals surface area contributed by atoms with Crippen molar-refractivity contribution in [3.05, 3.63) is 34.3 Å². The van der Waals surface area contributed by atoms with E-state index in [9.17, 15) is 0 Å². The molecule has 0 fully saturated rings. The smallest absolute Gasteiger partial charge is 0.278 e. The molecule has 2 aromatic rings. The van der Waals surface area contributed by atoms with Crippen LogP contribution in [0, 0.1) is 13.8 Å². The Kier molecular flexibility index (Phi) is 3.33. The summed E-state index contributed by atoms with van der Waals surface area (Å²) < 4.78 is 5.78. The van der Waals surface area contributed by atoms with Gasteiger partial charge in [-0.05, 0) is 43.5 Å². The number of thiazole rings is 1. The van der Waals surface area contributed by atoms with Crippen molar-refractivity contribution in [3.63, 3.8) is 0 Å². The van der Waals surface area contributed by atoms with Crippen LogP contribution in [-0.2, 0) is 6.42 Å². The summed E-state index contributed by atoms with van der Waals surface area (Å²) >= 11 is 1.52. The van der Waals surface area contributed by atoms with Crippen LogP contribution in [0.3, 0.4) is 0 Å². The number of nitrogens with two attached hydrogens (primary N) is 1. The van der Waals surface area contributed by atoms with Crippen molar-refractivity contribution in [1.82, 2.24) is 4.98 Å². The standard InChI is InChI=1S/C13H16N2OS/c1-4-10-7-17-13(15-10)16-12-6-8(2)11(14)5-9(12)3/h5-7H,4,14H2,1-3H3. The largest absolute Gasteiger partial charge is 0.431 e. The van der Waals surface area contributed by atoms with Crippen LogP contribution in [-0.4, -0.2) is 4.98 Å². The molecule has 0 aliphatic carbocycles. The molecule has 17 heavy (non-hydrogen) atoms. The first kappa shape index (κ1) is 11.9. The van der Waals surface area contributed by atoms with E-state index in [4.69, 9.17) is 10.5 Å². The second-order valence-electron chi connectivity index (χ2n) is 4.03. The van der Waals surface area contributed by atoms with Gasteiger partial charge in [-0.15, -0.1) is 0 Å². The van der Waals surface area contributed by atoms with Crippen molar-refractivity contribution < 1.29 is 4.74 Å². The third-order valence-electron chi connectivity index (χ3n) is 2.65. The third-order valence-corrected chi connectivity index (χ3v) is 3.42. The summed E-state index contributed by atoms with van der Waals surface area (Å²) in [6.07, 6.45) is 0.930. The highest BCUT2D eigenvalue weighted by atomic mass is 32.1. The molecule has 0 saturated carbocycles. The van der Waals surface area contributed by atoms with Crippen molar-refractivity contribution in [2.75, 3.05) is 5.73 Å². The lowest BCUT2D eigenvalue weighted by Crippen LogP contribution is -1.94. The topological polar surface area (TPSA) is 48.1 Å². The highest BCUT2D eigenvalue weighted by molar-refractivity contribution is 7.11. The predicted molar refractivity (Wildman–Crippen MR) is 71.9 cm³/mol. The number of aryl methyl sites for hydroxylation is 3. The number of hydrogen-bond acceptors (Lipinski definition) is 4. The second-order valence-corrected chi connectivity index (χ2v) is 4.86. The summed E-state index contributed by atoms with van der Waals surface area (Å²) in [7, 11) is 0. The Bertz CT molecular complexity index is 534. The quantitative estimate of drug-likeness (QED) is 0.842. The normalized spacial score (nSPS) is 10.5. The molecule has 2 N–H and O–H groups in total. The van der Waals surface area contributed by atoms with Crippen molar-refractivity contribution in [3.8, 4) is 10.9 Å². The summed E-state index contributed by atoms with van der Waals surface area (Å²) in [5.41, 5.74) is 9.75. The van der Waals surface area contributed by atoms with Crippen LogP contribution in [0.25, 0.3) is 0 Å². The zero-order valence-electron chi connectivity index (χ0n) is 10.3. The SMILES string of the molecule is CCc1csc(Oc2cc(C)c(N)cc2C)n1. The fraction of sp³-hybridized carbons (Fsp3) is 0.308. The van der Waals surface area contributed by atoms with E-state index >= 15 is 0 Å². The zero-order valence-corrected chi connectivity index (χ0v) is 11.1. The van der Waals surface area contributed by atoms with E-state index < -0.39 is 0 Å². The number of benzene rings is 1. The van der Waals surface area contributed by atoms with Crippen LogP contribution >= 0.6 is 11.3 Å². The van der Waals surface area contributed by atoms with Crippen LogP contribution in [0.1, 0.15) is 23.7 Å². The van der Waals surface area contributed by atoms with Crippen LogP contribution < -0.4 is 10.5 Å². The lowest BCUT2D eigenvalue weighted by atomic mass is 10.1. The first-order valence-corrected chi connectivity index (χ1v) is 6.47. The molecule has 0 aliphatic heterocycles. The molecular weight excluding hydrogens is 232 g/mol. The predicted octanol–water partition coefficient (Wildman–Crippen LogP) is 3.70. The lowest BCUT2D eigenvalue weighted by molar-refractivity contribution is 0.473. The van der Waals surface area contributed by atoms with Gasteiger partial charge in [0, 0.05) is 11.1 Å². The van der Waals surface area contributed by atoms with Gasteiger partial charge in [-0.3, -0.25) is 0 Å². The fourth-order valence-electron chi connectivity index (χ4n) is 1.51. The first-order chi connectivity index (χ1) is 8.10. The maximum atomic E-state index is 5.84. The molecule has 3 nitrogen and oxygen atoms in total. The maximum Gasteiger partial charge on any atom is 0.278 e. The molecule has 0 atom stereocenters. The second kappa shape index (κ2) is 4.75. The van der Waals surface area contributed by atoms with Crippen LogP contribution in [0.5, 0.6) is 10.9 Å². The van der Waals surface area contributed by atoms with E-state index in [2.05, 4.69) is 11.9 Å². The Morgan fingerprint density at radius 2 is 2.06 bits per heavy atom. The van der Waals surface area contributed by atoms with Crippen molar-refractivity contribution in [2.24, 2.45) is 0 Å². The molecule has 0 bridgehead atoms. The summed E-state index contributed by atoms with van der Waals surface area (Å²) in [4.78, 5) is 4.38. The van der Waals surface area contributed by atoms with Gasteiger partial charge in [0.15, 0.2) is 0 Å². The molecule has 0 saturated heterocycles. The summed E-state index contributed by atoms with van der Waals surface area (Å²) in [5, 5.41) is 2.71. The molecule has 0 spiro atoms. The highest BCUT2D eigenvalue weighted by Crippen LogP contribution is 2.30. The highest BCUT2D eigenvalue weighted by Gasteiger charge is 2.07. The summed E-state index contributed by atoms with van der Waals surface area (Å²) in [5.74, 6) is 0.828. The molecule has 1 heterocycles. The van der Waals surface area contributed by atoms with Gasteiger partial charge in [0.2, 0.25) is 0 Å². The molecule has 0 unspecified atom stereocenters. The van der Waals surface area contributed by atoms with Crippen molar-refractivity contribution >= 4 is 17.0 Å². The van der Waals surface area contributed by atoms with E-state index in [0.29, 0.717) is 5.19 Å². The Hall–Kier alpha value is -1.55. The first-order valence-electron chi connectivity index (χ1n) is 5.59. The molecule has 0 radical (unpaired) electrons. The summed E-state index contributed by atoms with van der Waals surface area (Å²) in [6, 6.07) is 3.89. The van der Waals surface area contributed by atoms with Gasteiger partial charge in [-0.2, -0.15) is 0 Å². The molecular formula is C13H16N2OS. The number of nitrogens with zero attached hydrogens (tertiary/aromatic N) is 1. The van der Waals surface area contributed by atoms with Crippen LogP contribution in [0.2, 0.25) is 0 Å². The van der Waals surface area contributed by atoms with E-state index in [1.165, 1.54) is 11.3 Å². The van der Waals surface area contributed by atoms with Gasteiger partial charge in [-0.25, -0.2) is 4.98 Å². The van der Waals surface area contributed by atoms with Crippen molar-refractivity contribution in [2.45, 2.75) is 27.2 Å². The van der Waals surface area contributed by atoms with Gasteiger partial charge in [0.1, 0.15) is 5.75 Å². The van der Waals surface area contributed by atoms with Gasteiger partial charge in [0.25, 0.3) is 5.19 Å². The van der Waals surface area contributed by atoms with Crippen molar-refractivity contribution in [1.29, 1.82) is 0 Å². The minimum Gasteiger partial charge on any atom is -0.431 e. The number of hydrogen-bond donors (Lipinski definition) is 1. The molecule has 1 aromatic heterocycles. The number of nitrogen functional groups attached to an aromatic ring is 1. The zero-order chi connectivity index (χ0) is 12.4. The Labute approximate surface area is 105 Å². The van der Waals surface area contributed by atoms with E-state index in [0.717, 1.165) is 34.7 Å². The van der Waals surface area contributed by atoms with Crippen LogP contribution in [0.15, 0.2) is 17.5 Å². The van der Waals surface area contributed by atoms with Crippen LogP contribution in [0.4, 0.5) is 5.69 Å². The molecule has 4 heteroatoms. The fourth-order valence-corrected chi connectivity index (χ4v) is 2.28. The van der Waals surface area contributed by atoms with Gasteiger partial charge < -0.3 is 10.5 Å². The van der Waals surface area contributed by atoms with Gasteiger partial charge >= 0.3 is 0 Å². The number of ether oxygens (including phenoxy) is 1. The average molecular weight is 248 g/mol. The Morgan fingerprint density at radius 1 is 1.29 bits per heavy atom. The molecule has 2 rings (SSSR count). The van der Waals surface area contributed by atoms with E-state index in [1.54, 1.807) is 0 Å². The van der Waals surface area contributed by atoms with E-state index in [-0.39, 0.29) is 0 Å². The molecule has 90 valence electrons. The lowest BCUT2D eigenvalue weighted by Gasteiger charge is -2.08. The molecule has 0 aliphatic rings. The minimum absolute atomic E-state index is 0.689. The average Bonchev–Trinajstić information content (AvgIpc) is 2.73. The van der Waals surface area contributed by atoms with Gasteiger partial charge in [-0.1, -0.05) is 18.3 Å². The van der Waals surface area contributed by atoms with E-state index in [1.807, 2.05) is 31.4 Å².